The largest absolute Gasteiger partial charge is 0.493 e. The van der Waals surface area contributed by atoms with E-state index in [1.54, 1.807) is 11.8 Å². The van der Waals surface area contributed by atoms with E-state index in [-0.39, 0.29) is 11.8 Å². The summed E-state index contributed by atoms with van der Waals surface area (Å²) in [7, 11) is 1.62. The lowest BCUT2D eigenvalue weighted by molar-refractivity contribution is -0.116. The topological polar surface area (TPSA) is 91.2 Å². The van der Waals surface area contributed by atoms with Crippen molar-refractivity contribution in [1.82, 2.24) is 19.7 Å². The maximum absolute atomic E-state index is 12.8. The molecule has 1 aliphatic rings. The third-order valence-electron chi connectivity index (χ3n) is 6.09. The fourth-order valence-corrected chi connectivity index (χ4v) is 4.53. The third kappa shape index (κ3) is 4.47. The number of aromatic nitrogens is 4. The van der Waals surface area contributed by atoms with Crippen LogP contribution in [0.5, 0.6) is 11.5 Å². The molecule has 4 aromatic rings. The lowest BCUT2D eigenvalue weighted by Gasteiger charge is -2.25. The number of hydrogen-bond acceptors (Lipinski definition) is 6. The van der Waals surface area contributed by atoms with Gasteiger partial charge in [-0.15, -0.1) is 0 Å². The predicted molar refractivity (Wildman–Crippen MR) is 132 cm³/mol. The lowest BCUT2D eigenvalue weighted by atomic mass is 9.85. The molecule has 0 bridgehead atoms. The molecule has 3 heterocycles. The summed E-state index contributed by atoms with van der Waals surface area (Å²) in [6, 6.07) is 17.7. The van der Waals surface area contributed by atoms with Crippen molar-refractivity contribution in [1.29, 1.82) is 0 Å². The number of hydrogen-bond donors (Lipinski definition) is 1. The first kappa shape index (κ1) is 22.6. The van der Waals surface area contributed by atoms with Gasteiger partial charge in [0, 0.05) is 29.3 Å². The highest BCUT2D eigenvalue weighted by Gasteiger charge is 2.33. The van der Waals surface area contributed by atoms with E-state index in [9.17, 15) is 4.79 Å². The van der Waals surface area contributed by atoms with Crippen molar-refractivity contribution in [3.8, 4) is 17.4 Å². The second kappa shape index (κ2) is 9.21. The molecule has 1 aliphatic heterocycles. The molecule has 1 amide bonds. The number of ether oxygens (including phenoxy) is 2. The highest BCUT2D eigenvalue weighted by molar-refractivity contribution is 5.95. The number of fused-ring (bicyclic) bond motifs is 1. The number of nitrogens with zero attached hydrogens (tertiary/aromatic N) is 4. The van der Waals surface area contributed by atoms with Crippen molar-refractivity contribution in [2.75, 3.05) is 12.4 Å². The zero-order valence-electron chi connectivity index (χ0n) is 20.2. The van der Waals surface area contributed by atoms with Crippen molar-refractivity contribution < 1.29 is 14.3 Å². The Morgan fingerprint density at radius 2 is 1.74 bits per heavy atom. The maximum atomic E-state index is 12.8. The molecule has 0 fully saturated rings. The van der Waals surface area contributed by atoms with Crippen LogP contribution in [-0.2, 0) is 11.4 Å². The SMILES string of the molecule is COc1cc([C@@H]2CC(=O)Nc3c2c(C)nn3-c2nc(C)cc(C)n2)ccc1OCc1ccccc1. The third-order valence-corrected chi connectivity index (χ3v) is 6.09. The molecular weight excluding hydrogens is 442 g/mol. The summed E-state index contributed by atoms with van der Waals surface area (Å²) in [4.78, 5) is 21.8. The second-order valence-electron chi connectivity index (χ2n) is 8.70. The Labute approximate surface area is 204 Å². The van der Waals surface area contributed by atoms with E-state index in [0.29, 0.717) is 36.3 Å². The van der Waals surface area contributed by atoms with Gasteiger partial charge in [-0.1, -0.05) is 36.4 Å². The highest BCUT2D eigenvalue weighted by atomic mass is 16.5. The number of benzene rings is 2. The number of nitrogens with one attached hydrogen (secondary N) is 1. The van der Waals surface area contributed by atoms with Gasteiger partial charge in [-0.2, -0.15) is 9.78 Å². The highest BCUT2D eigenvalue weighted by Crippen LogP contribution is 2.42. The summed E-state index contributed by atoms with van der Waals surface area (Å²) < 4.78 is 13.3. The van der Waals surface area contributed by atoms with Crippen molar-refractivity contribution in [2.45, 2.75) is 39.7 Å². The van der Waals surface area contributed by atoms with E-state index in [1.165, 1.54) is 0 Å². The van der Waals surface area contributed by atoms with Crippen LogP contribution >= 0.6 is 0 Å². The number of amides is 1. The molecule has 35 heavy (non-hydrogen) atoms. The number of anilines is 1. The Hall–Kier alpha value is -4.20. The Balaban J connectivity index is 1.50. The summed E-state index contributed by atoms with van der Waals surface area (Å²) in [6.45, 7) is 6.21. The Morgan fingerprint density at radius 3 is 2.46 bits per heavy atom. The normalized spacial score (nSPS) is 14.9. The van der Waals surface area contributed by atoms with Gasteiger partial charge in [-0.05, 0) is 50.1 Å². The van der Waals surface area contributed by atoms with Crippen LogP contribution in [-0.4, -0.2) is 32.8 Å². The zero-order chi connectivity index (χ0) is 24.5. The van der Waals surface area contributed by atoms with E-state index >= 15 is 0 Å². The molecule has 1 atom stereocenters. The Morgan fingerprint density at radius 1 is 1.00 bits per heavy atom. The van der Waals surface area contributed by atoms with Crippen LogP contribution in [0.15, 0.2) is 54.6 Å². The van der Waals surface area contributed by atoms with Gasteiger partial charge in [0.2, 0.25) is 5.91 Å². The van der Waals surface area contributed by atoms with Crippen molar-refractivity contribution >= 4 is 11.7 Å². The average Bonchev–Trinajstić information content (AvgIpc) is 3.18. The molecule has 2 aromatic carbocycles. The molecule has 178 valence electrons. The first-order chi connectivity index (χ1) is 16.9. The van der Waals surface area contributed by atoms with E-state index in [2.05, 4.69) is 15.3 Å². The van der Waals surface area contributed by atoms with Crippen LogP contribution in [0.4, 0.5) is 5.82 Å². The van der Waals surface area contributed by atoms with Crippen LogP contribution in [0.1, 0.15) is 46.1 Å². The smallest absolute Gasteiger partial charge is 0.252 e. The first-order valence-electron chi connectivity index (χ1n) is 11.5. The molecule has 0 saturated carbocycles. The molecule has 0 radical (unpaired) electrons. The molecule has 0 saturated heterocycles. The lowest BCUT2D eigenvalue weighted by Crippen LogP contribution is -2.25. The summed E-state index contributed by atoms with van der Waals surface area (Å²) >= 11 is 0. The van der Waals surface area contributed by atoms with Crippen LogP contribution in [0.2, 0.25) is 0 Å². The van der Waals surface area contributed by atoms with Gasteiger partial charge >= 0.3 is 0 Å². The second-order valence-corrected chi connectivity index (χ2v) is 8.70. The van der Waals surface area contributed by atoms with E-state index in [4.69, 9.17) is 14.6 Å². The minimum absolute atomic E-state index is 0.0867. The number of carbonyl (C=O) groups is 1. The molecular formula is C27H27N5O3. The van der Waals surface area contributed by atoms with Gasteiger partial charge < -0.3 is 14.8 Å². The number of aryl methyl sites for hydroxylation is 3. The van der Waals surface area contributed by atoms with Crippen LogP contribution in [0.3, 0.4) is 0 Å². The van der Waals surface area contributed by atoms with Gasteiger partial charge in [0.25, 0.3) is 5.95 Å². The minimum Gasteiger partial charge on any atom is -0.493 e. The quantitative estimate of drug-likeness (QED) is 0.442. The number of carbonyl (C=O) groups excluding carboxylic acids is 1. The molecule has 8 nitrogen and oxygen atoms in total. The average molecular weight is 470 g/mol. The van der Waals surface area contributed by atoms with Gasteiger partial charge in [0.05, 0.1) is 12.8 Å². The van der Waals surface area contributed by atoms with E-state index < -0.39 is 0 Å². The predicted octanol–water partition coefficient (Wildman–Crippen LogP) is 4.65. The van der Waals surface area contributed by atoms with Gasteiger partial charge in [0.1, 0.15) is 12.4 Å². The minimum atomic E-state index is -0.185. The number of rotatable bonds is 6. The molecule has 5 rings (SSSR count). The summed E-state index contributed by atoms with van der Waals surface area (Å²) in [6.07, 6.45) is 0.306. The fourth-order valence-electron chi connectivity index (χ4n) is 4.53. The van der Waals surface area contributed by atoms with E-state index in [0.717, 1.165) is 33.8 Å². The van der Waals surface area contributed by atoms with Crippen LogP contribution in [0.25, 0.3) is 5.95 Å². The van der Waals surface area contributed by atoms with E-state index in [1.807, 2.05) is 75.4 Å². The molecule has 8 heteroatoms. The first-order valence-corrected chi connectivity index (χ1v) is 11.5. The monoisotopic (exact) mass is 469 g/mol. The van der Waals surface area contributed by atoms with Crippen LogP contribution < -0.4 is 14.8 Å². The Kier molecular flexibility index (Phi) is 5.94. The fraction of sp³-hybridized carbons (Fsp3) is 0.259. The number of methoxy groups -OCH3 is 1. The molecule has 0 spiro atoms. The molecule has 2 aromatic heterocycles. The van der Waals surface area contributed by atoms with Gasteiger partial charge in [-0.3, -0.25) is 4.79 Å². The summed E-state index contributed by atoms with van der Waals surface area (Å²) in [5.41, 5.74) is 5.47. The molecule has 0 unspecified atom stereocenters. The van der Waals surface area contributed by atoms with Gasteiger partial charge in [0.15, 0.2) is 11.5 Å². The Bertz CT molecular complexity index is 1380. The standard InChI is InChI=1S/C27H27N5O3/c1-16-12-17(2)29-27(28-16)32-26-25(18(3)31-32)21(14-24(33)30-26)20-10-11-22(23(13-20)34-4)35-15-19-8-6-5-7-9-19/h5-13,21H,14-15H2,1-4H3,(H,30,33)/t21-/m0/s1. The zero-order valence-corrected chi connectivity index (χ0v) is 20.2. The summed E-state index contributed by atoms with van der Waals surface area (Å²) in [5, 5.41) is 7.69. The van der Waals surface area contributed by atoms with Crippen molar-refractivity contribution in [3.05, 3.63) is 88.4 Å². The maximum Gasteiger partial charge on any atom is 0.252 e. The van der Waals surface area contributed by atoms with Gasteiger partial charge in [-0.25, -0.2) is 9.97 Å². The van der Waals surface area contributed by atoms with Crippen molar-refractivity contribution in [2.24, 2.45) is 0 Å². The van der Waals surface area contributed by atoms with Crippen molar-refractivity contribution in [3.63, 3.8) is 0 Å². The summed E-state index contributed by atoms with van der Waals surface area (Å²) in [5.74, 6) is 2.05. The molecule has 0 aliphatic carbocycles. The molecule has 1 N–H and O–H groups in total. The van der Waals surface area contributed by atoms with Crippen LogP contribution in [0, 0.1) is 20.8 Å².